The van der Waals surface area contributed by atoms with Gasteiger partial charge in [-0.25, -0.2) is 0 Å². The van der Waals surface area contributed by atoms with Crippen molar-refractivity contribution in [1.29, 1.82) is 0 Å². The van der Waals surface area contributed by atoms with E-state index in [0.29, 0.717) is 13.2 Å². The van der Waals surface area contributed by atoms with E-state index in [1.165, 1.54) is 4.90 Å². The van der Waals surface area contributed by atoms with Crippen molar-refractivity contribution in [2.24, 2.45) is 0 Å². The monoisotopic (exact) mass is 241 g/mol. The van der Waals surface area contributed by atoms with Crippen LogP contribution in [0.1, 0.15) is 12.8 Å². The molecule has 7 heteroatoms. The highest BCUT2D eigenvalue weighted by Crippen LogP contribution is 2.22. The zero-order valence-corrected chi connectivity index (χ0v) is 8.66. The van der Waals surface area contributed by atoms with Gasteiger partial charge in [-0.1, -0.05) is 0 Å². The molecule has 0 spiro atoms. The summed E-state index contributed by atoms with van der Waals surface area (Å²) in [5, 5.41) is 8.82. The molecule has 0 aromatic heterocycles. The van der Waals surface area contributed by atoms with Crippen LogP contribution in [0.3, 0.4) is 0 Å². The van der Waals surface area contributed by atoms with Gasteiger partial charge in [-0.05, 0) is 13.0 Å². The number of ether oxygens (including phenoxy) is 1. The highest BCUT2D eigenvalue weighted by atomic mass is 19.4. The first-order valence-corrected chi connectivity index (χ1v) is 5.01. The van der Waals surface area contributed by atoms with Gasteiger partial charge in [0.15, 0.2) is 0 Å². The normalized spacial score (nSPS) is 23.3. The molecule has 1 rings (SSSR count). The van der Waals surface area contributed by atoms with Gasteiger partial charge in [-0.2, -0.15) is 13.2 Å². The van der Waals surface area contributed by atoms with Gasteiger partial charge in [0.2, 0.25) is 0 Å². The molecule has 94 valence electrons. The van der Waals surface area contributed by atoms with Crippen LogP contribution >= 0.6 is 0 Å². The summed E-state index contributed by atoms with van der Waals surface area (Å²) in [7, 11) is 0. The van der Waals surface area contributed by atoms with Gasteiger partial charge < -0.3 is 9.84 Å². The van der Waals surface area contributed by atoms with Gasteiger partial charge in [0.25, 0.3) is 0 Å². The zero-order valence-electron chi connectivity index (χ0n) is 8.66. The van der Waals surface area contributed by atoms with Crippen molar-refractivity contribution in [2.75, 3.05) is 26.3 Å². The summed E-state index contributed by atoms with van der Waals surface area (Å²) < 4.78 is 40.7. The Morgan fingerprint density at radius 1 is 1.50 bits per heavy atom. The lowest BCUT2D eigenvalue weighted by atomic mass is 10.2. The quantitative estimate of drug-likeness (QED) is 0.801. The smallest absolute Gasteiger partial charge is 0.389 e. The number of morpholine rings is 1. The van der Waals surface area contributed by atoms with Crippen molar-refractivity contribution >= 4 is 5.97 Å². The molecule has 1 atom stereocenters. The first-order valence-electron chi connectivity index (χ1n) is 5.01. The zero-order chi connectivity index (χ0) is 12.2. The minimum atomic E-state index is -4.18. The first kappa shape index (κ1) is 13.2. The van der Waals surface area contributed by atoms with E-state index in [1.807, 2.05) is 0 Å². The molecule has 0 aromatic rings. The van der Waals surface area contributed by atoms with Gasteiger partial charge in [-0.3, -0.25) is 9.69 Å². The fourth-order valence-corrected chi connectivity index (χ4v) is 1.62. The van der Waals surface area contributed by atoms with Crippen molar-refractivity contribution in [3.63, 3.8) is 0 Å². The Morgan fingerprint density at radius 3 is 2.75 bits per heavy atom. The van der Waals surface area contributed by atoms with Crippen LogP contribution in [0.25, 0.3) is 0 Å². The molecule has 1 N–H and O–H groups in total. The van der Waals surface area contributed by atoms with E-state index in [9.17, 15) is 18.0 Å². The Hall–Kier alpha value is -0.820. The lowest BCUT2D eigenvalue weighted by Crippen LogP contribution is -2.50. The summed E-state index contributed by atoms with van der Waals surface area (Å²) in [6, 6.07) is -0.818. The van der Waals surface area contributed by atoms with E-state index in [4.69, 9.17) is 9.84 Å². The maximum atomic E-state index is 11.9. The maximum Gasteiger partial charge on any atom is 0.389 e. The second-order valence-electron chi connectivity index (χ2n) is 3.68. The second kappa shape index (κ2) is 5.49. The number of nitrogens with zero attached hydrogens (tertiary/aromatic N) is 1. The molecule has 1 aliphatic rings. The molecule has 16 heavy (non-hydrogen) atoms. The molecule has 0 radical (unpaired) electrons. The highest BCUT2D eigenvalue weighted by Gasteiger charge is 2.31. The lowest BCUT2D eigenvalue weighted by Gasteiger charge is -2.32. The Labute approximate surface area is 91.0 Å². The maximum absolute atomic E-state index is 11.9. The topological polar surface area (TPSA) is 49.8 Å². The number of carbonyl (C=O) groups is 1. The second-order valence-corrected chi connectivity index (χ2v) is 3.68. The minimum Gasteiger partial charge on any atom is -0.480 e. The third-order valence-corrected chi connectivity index (χ3v) is 2.43. The number of hydrogen-bond donors (Lipinski definition) is 1. The SMILES string of the molecule is O=C(O)C1COCCN1CCCC(F)(F)F. The van der Waals surface area contributed by atoms with Crippen molar-refractivity contribution in [3.05, 3.63) is 0 Å². The van der Waals surface area contributed by atoms with Gasteiger partial charge in [0.05, 0.1) is 13.2 Å². The summed E-state index contributed by atoms with van der Waals surface area (Å²) in [6.07, 6.45) is -5.13. The predicted molar refractivity (Wildman–Crippen MR) is 49.1 cm³/mol. The predicted octanol–water partition coefficient (Wildman–Crippen LogP) is 1.11. The van der Waals surface area contributed by atoms with Crippen LogP contribution in [0.15, 0.2) is 0 Å². The van der Waals surface area contributed by atoms with Gasteiger partial charge in [0, 0.05) is 13.0 Å². The number of alkyl halides is 3. The number of carboxylic acids is 1. The summed E-state index contributed by atoms with van der Waals surface area (Å²) >= 11 is 0. The highest BCUT2D eigenvalue weighted by molar-refractivity contribution is 5.73. The van der Waals surface area contributed by atoms with Crippen LogP contribution in [-0.2, 0) is 9.53 Å². The van der Waals surface area contributed by atoms with E-state index in [-0.39, 0.29) is 19.6 Å². The number of carboxylic acid groups (broad SMARTS) is 1. The third-order valence-electron chi connectivity index (χ3n) is 2.43. The molecule has 1 fully saturated rings. The molecule has 4 nitrogen and oxygen atoms in total. The summed E-state index contributed by atoms with van der Waals surface area (Å²) in [5.41, 5.74) is 0. The largest absolute Gasteiger partial charge is 0.480 e. The van der Waals surface area contributed by atoms with E-state index in [2.05, 4.69) is 0 Å². The van der Waals surface area contributed by atoms with Gasteiger partial charge >= 0.3 is 12.1 Å². The molecule has 0 aromatic carbocycles. The summed E-state index contributed by atoms with van der Waals surface area (Å²) in [5.74, 6) is -1.05. The average molecular weight is 241 g/mol. The lowest BCUT2D eigenvalue weighted by molar-refractivity contribution is -0.150. The molecule has 0 aliphatic carbocycles. The van der Waals surface area contributed by atoms with Crippen molar-refractivity contribution in [3.8, 4) is 0 Å². The Morgan fingerprint density at radius 2 is 2.19 bits per heavy atom. The first-order chi connectivity index (χ1) is 7.40. The van der Waals surface area contributed by atoms with Crippen LogP contribution in [0.5, 0.6) is 0 Å². The standard InChI is InChI=1S/C9H14F3NO3/c10-9(11,12)2-1-3-13-4-5-16-6-7(13)8(14)15/h7H,1-6H2,(H,14,15). The van der Waals surface area contributed by atoms with E-state index >= 15 is 0 Å². The van der Waals surface area contributed by atoms with E-state index in [0.717, 1.165) is 0 Å². The van der Waals surface area contributed by atoms with Crippen molar-refractivity contribution in [1.82, 2.24) is 4.90 Å². The van der Waals surface area contributed by atoms with Crippen LogP contribution in [-0.4, -0.2) is 54.5 Å². The molecule has 0 amide bonds. The van der Waals surface area contributed by atoms with Crippen molar-refractivity contribution in [2.45, 2.75) is 25.1 Å². The average Bonchev–Trinajstić information content (AvgIpc) is 2.16. The van der Waals surface area contributed by atoms with Crippen LogP contribution < -0.4 is 0 Å². The number of aliphatic carboxylic acids is 1. The summed E-state index contributed by atoms with van der Waals surface area (Å²) in [4.78, 5) is 12.3. The molecule has 1 saturated heterocycles. The molecular weight excluding hydrogens is 227 g/mol. The Balaban J connectivity index is 2.36. The molecule has 0 bridgehead atoms. The number of halogens is 3. The van der Waals surface area contributed by atoms with Gasteiger partial charge in [-0.15, -0.1) is 0 Å². The van der Waals surface area contributed by atoms with E-state index < -0.39 is 24.6 Å². The molecule has 1 unspecified atom stereocenters. The third kappa shape index (κ3) is 4.36. The van der Waals surface area contributed by atoms with Crippen molar-refractivity contribution < 1.29 is 27.8 Å². The fourth-order valence-electron chi connectivity index (χ4n) is 1.62. The fraction of sp³-hybridized carbons (Fsp3) is 0.889. The molecule has 1 heterocycles. The summed E-state index contributed by atoms with van der Waals surface area (Å²) in [6.45, 7) is 0.922. The van der Waals surface area contributed by atoms with E-state index in [1.54, 1.807) is 0 Å². The van der Waals surface area contributed by atoms with Crippen LogP contribution in [0.2, 0.25) is 0 Å². The molecule has 0 saturated carbocycles. The minimum absolute atomic E-state index is 0.0430. The Bertz CT molecular complexity index is 245. The van der Waals surface area contributed by atoms with Crippen LogP contribution in [0, 0.1) is 0 Å². The molecular formula is C9H14F3NO3. The van der Waals surface area contributed by atoms with Crippen LogP contribution in [0.4, 0.5) is 13.2 Å². The number of hydrogen-bond acceptors (Lipinski definition) is 3. The van der Waals surface area contributed by atoms with Gasteiger partial charge in [0.1, 0.15) is 6.04 Å². The Kier molecular flexibility index (Phi) is 4.55. The number of rotatable bonds is 4. The molecule has 1 aliphatic heterocycles.